The van der Waals surface area contributed by atoms with E-state index >= 15 is 0 Å². The fraction of sp³-hybridized carbons (Fsp3) is 0.0500. The lowest BCUT2D eigenvalue weighted by molar-refractivity contribution is 0.112. The average molecular weight is 334 g/mol. The fourth-order valence-electron chi connectivity index (χ4n) is 2.73. The van der Waals surface area contributed by atoms with Crippen LogP contribution in [0.25, 0.3) is 31.0 Å². The van der Waals surface area contributed by atoms with E-state index in [1.807, 2.05) is 12.1 Å². The number of hydrogen-bond donors (Lipinski definition) is 0. The van der Waals surface area contributed by atoms with Crippen LogP contribution in [0.1, 0.15) is 15.2 Å². The van der Waals surface area contributed by atoms with Crippen LogP contribution in [0.5, 0.6) is 0 Å². The van der Waals surface area contributed by atoms with Gasteiger partial charge in [0.2, 0.25) is 0 Å². The molecule has 112 valence electrons. The van der Waals surface area contributed by atoms with Crippen LogP contribution in [0.4, 0.5) is 0 Å². The van der Waals surface area contributed by atoms with Gasteiger partial charge in [-0.3, -0.25) is 4.79 Å². The first-order chi connectivity index (χ1) is 11.3. The Morgan fingerprint density at radius 1 is 0.783 bits per heavy atom. The Labute approximate surface area is 142 Å². The number of hydrogen-bond acceptors (Lipinski definition) is 3. The van der Waals surface area contributed by atoms with Crippen molar-refractivity contribution < 1.29 is 4.79 Å². The number of carbonyl (C=O) groups excluding carboxylic acids is 1. The summed E-state index contributed by atoms with van der Waals surface area (Å²) in [4.78, 5) is 15.5. The molecule has 0 aliphatic carbocycles. The number of aldehydes is 1. The third kappa shape index (κ3) is 2.52. The maximum absolute atomic E-state index is 11.0. The van der Waals surface area contributed by atoms with Gasteiger partial charge < -0.3 is 0 Å². The van der Waals surface area contributed by atoms with Crippen LogP contribution in [-0.2, 0) is 0 Å². The highest BCUT2D eigenvalue weighted by molar-refractivity contribution is 7.26. The zero-order valence-corrected chi connectivity index (χ0v) is 14.2. The highest BCUT2D eigenvalue weighted by Gasteiger charge is 2.15. The van der Waals surface area contributed by atoms with Crippen molar-refractivity contribution in [3.8, 4) is 20.2 Å². The minimum Gasteiger partial charge on any atom is -0.297 e. The molecule has 2 heterocycles. The molecule has 0 aliphatic heterocycles. The molecule has 0 spiro atoms. The van der Waals surface area contributed by atoms with Crippen molar-refractivity contribution in [2.45, 2.75) is 6.92 Å². The summed E-state index contributed by atoms with van der Waals surface area (Å²) in [5.41, 5.74) is 2.51. The van der Waals surface area contributed by atoms with Gasteiger partial charge in [0.15, 0.2) is 6.29 Å². The average Bonchev–Trinajstić information content (AvgIpc) is 3.20. The second kappa shape index (κ2) is 5.76. The third-order valence-corrected chi connectivity index (χ3v) is 6.36. The zero-order valence-electron chi connectivity index (χ0n) is 12.6. The number of thiophene rings is 2. The van der Waals surface area contributed by atoms with Crippen LogP contribution >= 0.6 is 22.7 Å². The second-order valence-corrected chi connectivity index (χ2v) is 7.63. The Kier molecular flexibility index (Phi) is 3.60. The molecule has 3 heteroatoms. The quantitative estimate of drug-likeness (QED) is 0.395. The molecule has 0 saturated heterocycles. The molecular weight excluding hydrogens is 320 g/mol. The summed E-state index contributed by atoms with van der Waals surface area (Å²) in [5.74, 6) is 0. The van der Waals surface area contributed by atoms with Crippen molar-refractivity contribution >= 4 is 39.7 Å². The van der Waals surface area contributed by atoms with Crippen LogP contribution in [0, 0.1) is 6.92 Å². The number of rotatable bonds is 3. The van der Waals surface area contributed by atoms with E-state index in [-0.39, 0.29) is 0 Å². The van der Waals surface area contributed by atoms with E-state index in [1.54, 1.807) is 22.7 Å². The summed E-state index contributed by atoms with van der Waals surface area (Å²) in [6, 6.07) is 21.1. The first kappa shape index (κ1) is 14.4. The first-order valence-electron chi connectivity index (χ1n) is 7.40. The second-order valence-electron chi connectivity index (χ2n) is 5.49. The lowest BCUT2D eigenvalue weighted by Crippen LogP contribution is -1.75. The fourth-order valence-corrected chi connectivity index (χ4v) is 4.96. The number of benzene rings is 2. The lowest BCUT2D eigenvalue weighted by Gasteiger charge is -1.99. The summed E-state index contributed by atoms with van der Waals surface area (Å²) < 4.78 is 0. The van der Waals surface area contributed by atoms with Crippen LogP contribution in [0.15, 0.2) is 60.7 Å². The smallest absolute Gasteiger partial charge is 0.160 e. The van der Waals surface area contributed by atoms with E-state index in [1.165, 1.54) is 31.7 Å². The summed E-state index contributed by atoms with van der Waals surface area (Å²) in [6.07, 6.45) is 0.921. The summed E-state index contributed by atoms with van der Waals surface area (Å²) in [5, 5.41) is 2.53. The largest absolute Gasteiger partial charge is 0.297 e. The Morgan fingerprint density at radius 3 is 2.13 bits per heavy atom. The van der Waals surface area contributed by atoms with E-state index in [4.69, 9.17) is 0 Å². The Morgan fingerprint density at radius 2 is 1.48 bits per heavy atom. The van der Waals surface area contributed by atoms with Crippen molar-refractivity contribution in [3.63, 3.8) is 0 Å². The molecule has 0 bridgehead atoms. The predicted molar refractivity (Wildman–Crippen MR) is 101 cm³/mol. The molecule has 23 heavy (non-hydrogen) atoms. The Hall–Kier alpha value is -2.23. The maximum atomic E-state index is 11.0. The molecule has 0 saturated carbocycles. The molecule has 2 aromatic carbocycles. The first-order valence-corrected chi connectivity index (χ1v) is 9.03. The van der Waals surface area contributed by atoms with Gasteiger partial charge in [-0.2, -0.15) is 0 Å². The van der Waals surface area contributed by atoms with Gasteiger partial charge in [0.05, 0.1) is 9.75 Å². The van der Waals surface area contributed by atoms with Crippen molar-refractivity contribution in [3.05, 3.63) is 71.1 Å². The molecular formula is C20H14OS2. The Bertz CT molecular complexity index is 990. The summed E-state index contributed by atoms with van der Waals surface area (Å²) >= 11 is 3.36. The van der Waals surface area contributed by atoms with E-state index < -0.39 is 0 Å². The Balaban J connectivity index is 1.96. The summed E-state index contributed by atoms with van der Waals surface area (Å²) in [6.45, 7) is 2.11. The minimum atomic E-state index is 0.773. The SMILES string of the molecule is Cc1ccc(-c2sc(-c3ccc(C=O)s3)c3ccccc23)cc1. The zero-order chi connectivity index (χ0) is 15.8. The van der Waals surface area contributed by atoms with Crippen molar-refractivity contribution in [2.24, 2.45) is 0 Å². The molecule has 2 aromatic heterocycles. The van der Waals surface area contributed by atoms with Crippen LogP contribution < -0.4 is 0 Å². The van der Waals surface area contributed by atoms with Gasteiger partial charge in [-0.1, -0.05) is 54.1 Å². The topological polar surface area (TPSA) is 17.1 Å². The number of fused-ring (bicyclic) bond motifs is 1. The van der Waals surface area contributed by atoms with E-state index in [2.05, 4.69) is 55.5 Å². The van der Waals surface area contributed by atoms with E-state index in [9.17, 15) is 4.79 Å². The molecule has 0 aliphatic rings. The van der Waals surface area contributed by atoms with Gasteiger partial charge >= 0.3 is 0 Å². The summed E-state index contributed by atoms with van der Waals surface area (Å²) in [7, 11) is 0. The van der Waals surface area contributed by atoms with Gasteiger partial charge in [-0.05, 0) is 24.6 Å². The molecule has 0 N–H and O–H groups in total. The molecule has 4 aromatic rings. The van der Waals surface area contributed by atoms with Crippen LogP contribution in [-0.4, -0.2) is 6.29 Å². The highest BCUT2D eigenvalue weighted by Crippen LogP contribution is 2.45. The molecule has 0 unspecified atom stereocenters. The maximum Gasteiger partial charge on any atom is 0.160 e. The van der Waals surface area contributed by atoms with Gasteiger partial charge in [0.25, 0.3) is 0 Å². The molecule has 0 radical (unpaired) electrons. The van der Waals surface area contributed by atoms with Crippen molar-refractivity contribution in [1.82, 2.24) is 0 Å². The standard InChI is InChI=1S/C20H14OS2/c1-13-6-8-14(9-7-13)19-16-4-2-3-5-17(16)20(23-19)18-11-10-15(12-21)22-18/h2-12H,1H3. The van der Waals surface area contributed by atoms with Crippen molar-refractivity contribution in [1.29, 1.82) is 0 Å². The minimum absolute atomic E-state index is 0.773. The normalized spacial score (nSPS) is 11.0. The molecule has 0 amide bonds. The molecule has 0 atom stereocenters. The number of aryl methyl sites for hydroxylation is 1. The van der Waals surface area contributed by atoms with Crippen LogP contribution in [0.3, 0.4) is 0 Å². The van der Waals surface area contributed by atoms with Crippen molar-refractivity contribution in [2.75, 3.05) is 0 Å². The molecule has 0 fully saturated rings. The van der Waals surface area contributed by atoms with Gasteiger partial charge in [-0.15, -0.1) is 22.7 Å². The van der Waals surface area contributed by atoms with Crippen LogP contribution in [0.2, 0.25) is 0 Å². The lowest BCUT2D eigenvalue weighted by atomic mass is 10.1. The molecule has 1 nitrogen and oxygen atoms in total. The predicted octanol–water partition coefficient (Wildman–Crippen LogP) is 6.42. The highest BCUT2D eigenvalue weighted by atomic mass is 32.1. The number of carbonyl (C=O) groups is 1. The van der Waals surface area contributed by atoms with E-state index in [0.29, 0.717) is 0 Å². The van der Waals surface area contributed by atoms with E-state index in [0.717, 1.165) is 16.0 Å². The molecule has 4 rings (SSSR count). The van der Waals surface area contributed by atoms with Gasteiger partial charge in [-0.25, -0.2) is 0 Å². The monoisotopic (exact) mass is 334 g/mol. The van der Waals surface area contributed by atoms with Gasteiger partial charge in [0, 0.05) is 20.5 Å². The van der Waals surface area contributed by atoms with Gasteiger partial charge in [0.1, 0.15) is 0 Å². The third-order valence-electron chi connectivity index (χ3n) is 3.90.